The summed E-state index contributed by atoms with van der Waals surface area (Å²) in [6.07, 6.45) is 3.69. The Bertz CT molecular complexity index is 1080. The number of carbonyl (C=O) groups is 1. The fourth-order valence-corrected chi connectivity index (χ4v) is 4.24. The standard InChI is InChI=1S/C26H33N5O2/c1-19(2)31(15-21-8-6-5-7-9-21)26(32)18-30-10-11-33-25(17-30)24-13-22(12-20(3)28-24)23-14-27-29(4)16-23/h5-9,12-14,16,19,25H,10-11,15,17-18H2,1-4H3. The number of hydrogen-bond donors (Lipinski definition) is 0. The molecular formula is C26H33N5O2. The summed E-state index contributed by atoms with van der Waals surface area (Å²) < 4.78 is 7.88. The Morgan fingerprint density at radius 1 is 1.21 bits per heavy atom. The summed E-state index contributed by atoms with van der Waals surface area (Å²) in [4.78, 5) is 22.1. The first-order valence-electron chi connectivity index (χ1n) is 11.5. The van der Waals surface area contributed by atoms with Crippen LogP contribution in [-0.2, 0) is 23.1 Å². The zero-order valence-electron chi connectivity index (χ0n) is 19.9. The number of benzene rings is 1. The van der Waals surface area contributed by atoms with E-state index in [1.54, 1.807) is 4.68 Å². The van der Waals surface area contributed by atoms with Crippen LogP contribution >= 0.6 is 0 Å². The number of carbonyl (C=O) groups excluding carboxylic acids is 1. The third kappa shape index (κ3) is 5.86. The van der Waals surface area contributed by atoms with Crippen molar-refractivity contribution in [1.82, 2.24) is 24.6 Å². The summed E-state index contributed by atoms with van der Waals surface area (Å²) >= 11 is 0. The number of ether oxygens (including phenoxy) is 1. The molecule has 3 aromatic rings. The van der Waals surface area contributed by atoms with Gasteiger partial charge in [-0.3, -0.25) is 19.4 Å². The van der Waals surface area contributed by atoms with Gasteiger partial charge >= 0.3 is 0 Å². The number of hydrogen-bond acceptors (Lipinski definition) is 5. The fraction of sp³-hybridized carbons (Fsp3) is 0.423. The monoisotopic (exact) mass is 447 g/mol. The lowest BCUT2D eigenvalue weighted by atomic mass is 10.1. The quantitative estimate of drug-likeness (QED) is 0.554. The normalized spacial score (nSPS) is 16.8. The van der Waals surface area contributed by atoms with Gasteiger partial charge in [-0.2, -0.15) is 5.10 Å². The first-order chi connectivity index (χ1) is 15.9. The summed E-state index contributed by atoms with van der Waals surface area (Å²) in [5.74, 6) is 0.141. The number of nitrogens with zero attached hydrogens (tertiary/aromatic N) is 5. The van der Waals surface area contributed by atoms with E-state index in [1.807, 2.05) is 49.5 Å². The summed E-state index contributed by atoms with van der Waals surface area (Å²) in [5, 5.41) is 4.28. The molecule has 0 radical (unpaired) electrons. The average Bonchev–Trinajstić information content (AvgIpc) is 3.24. The maximum absolute atomic E-state index is 13.2. The van der Waals surface area contributed by atoms with Crippen molar-refractivity contribution in [2.24, 2.45) is 7.05 Å². The van der Waals surface area contributed by atoms with Crippen LogP contribution in [-0.4, -0.2) is 62.8 Å². The van der Waals surface area contributed by atoms with E-state index in [0.717, 1.165) is 34.6 Å². The second-order valence-electron chi connectivity index (χ2n) is 9.02. The van der Waals surface area contributed by atoms with Crippen molar-refractivity contribution in [3.8, 4) is 11.1 Å². The van der Waals surface area contributed by atoms with E-state index in [1.165, 1.54) is 0 Å². The molecule has 1 saturated heterocycles. The minimum absolute atomic E-state index is 0.134. The predicted octanol–water partition coefficient (Wildman–Crippen LogP) is 3.60. The van der Waals surface area contributed by atoms with E-state index in [2.05, 4.69) is 48.1 Å². The highest BCUT2D eigenvalue weighted by Crippen LogP contribution is 2.27. The number of amides is 1. The van der Waals surface area contributed by atoms with Crippen molar-refractivity contribution in [2.45, 2.75) is 39.5 Å². The van der Waals surface area contributed by atoms with E-state index in [9.17, 15) is 4.79 Å². The van der Waals surface area contributed by atoms with Crippen molar-refractivity contribution in [3.63, 3.8) is 0 Å². The molecule has 0 bridgehead atoms. The Morgan fingerprint density at radius 3 is 2.70 bits per heavy atom. The Balaban J connectivity index is 1.45. The predicted molar refractivity (Wildman–Crippen MR) is 128 cm³/mol. The molecule has 1 aromatic carbocycles. The van der Waals surface area contributed by atoms with Crippen molar-refractivity contribution < 1.29 is 9.53 Å². The lowest BCUT2D eigenvalue weighted by Gasteiger charge is -2.35. The van der Waals surface area contributed by atoms with Crippen molar-refractivity contribution >= 4 is 5.91 Å². The molecule has 7 nitrogen and oxygen atoms in total. The van der Waals surface area contributed by atoms with E-state index in [-0.39, 0.29) is 18.1 Å². The Labute approximate surface area is 196 Å². The summed E-state index contributed by atoms with van der Waals surface area (Å²) in [7, 11) is 1.91. The van der Waals surface area contributed by atoms with Gasteiger partial charge in [-0.1, -0.05) is 30.3 Å². The highest BCUT2D eigenvalue weighted by molar-refractivity contribution is 5.78. The molecular weight excluding hydrogens is 414 g/mol. The molecule has 174 valence electrons. The van der Waals surface area contributed by atoms with Crippen LogP contribution < -0.4 is 0 Å². The van der Waals surface area contributed by atoms with E-state index in [4.69, 9.17) is 9.72 Å². The van der Waals surface area contributed by atoms with Gasteiger partial charge in [0, 0.05) is 50.2 Å². The Kier molecular flexibility index (Phi) is 7.20. The van der Waals surface area contributed by atoms with Crippen LogP contribution in [0.4, 0.5) is 0 Å². The first-order valence-corrected chi connectivity index (χ1v) is 11.5. The van der Waals surface area contributed by atoms with Crippen molar-refractivity contribution in [3.05, 3.63) is 71.8 Å². The molecule has 0 saturated carbocycles. The average molecular weight is 448 g/mol. The largest absolute Gasteiger partial charge is 0.369 e. The molecule has 1 aliphatic heterocycles. The van der Waals surface area contributed by atoms with Gasteiger partial charge in [0.1, 0.15) is 6.10 Å². The van der Waals surface area contributed by atoms with Crippen LogP contribution in [0.15, 0.2) is 54.9 Å². The van der Waals surface area contributed by atoms with E-state index in [0.29, 0.717) is 26.2 Å². The van der Waals surface area contributed by atoms with Crippen LogP contribution in [0.2, 0.25) is 0 Å². The highest BCUT2D eigenvalue weighted by atomic mass is 16.5. The lowest BCUT2D eigenvalue weighted by Crippen LogP contribution is -2.47. The topological polar surface area (TPSA) is 63.5 Å². The number of morpholine rings is 1. The third-order valence-electron chi connectivity index (χ3n) is 5.99. The summed E-state index contributed by atoms with van der Waals surface area (Å²) in [6.45, 7) is 9.10. The molecule has 1 amide bonds. The van der Waals surface area contributed by atoms with E-state index < -0.39 is 0 Å². The minimum Gasteiger partial charge on any atom is -0.369 e. The van der Waals surface area contributed by atoms with E-state index >= 15 is 0 Å². The lowest BCUT2D eigenvalue weighted by molar-refractivity contribution is -0.136. The van der Waals surface area contributed by atoms with Gasteiger partial charge in [0.25, 0.3) is 0 Å². The molecule has 1 fully saturated rings. The van der Waals surface area contributed by atoms with Crippen LogP contribution in [0.1, 0.15) is 36.9 Å². The summed E-state index contributed by atoms with van der Waals surface area (Å²) in [6, 6.07) is 14.4. The third-order valence-corrected chi connectivity index (χ3v) is 5.99. The van der Waals surface area contributed by atoms with Crippen LogP contribution in [0.5, 0.6) is 0 Å². The minimum atomic E-state index is -0.163. The van der Waals surface area contributed by atoms with Gasteiger partial charge in [-0.15, -0.1) is 0 Å². The van der Waals surface area contributed by atoms with Gasteiger partial charge in [-0.25, -0.2) is 0 Å². The first kappa shape index (κ1) is 23.1. The molecule has 3 heterocycles. The number of aryl methyl sites for hydroxylation is 2. The maximum Gasteiger partial charge on any atom is 0.237 e. The zero-order chi connectivity index (χ0) is 23.4. The van der Waals surface area contributed by atoms with Gasteiger partial charge < -0.3 is 9.64 Å². The molecule has 1 unspecified atom stereocenters. The Hall–Kier alpha value is -3.03. The van der Waals surface area contributed by atoms with Crippen molar-refractivity contribution in [1.29, 1.82) is 0 Å². The SMILES string of the molecule is Cc1cc(-c2cnn(C)c2)cc(C2CN(CC(=O)N(Cc3ccccc3)C(C)C)CCO2)n1. The number of aromatic nitrogens is 3. The smallest absolute Gasteiger partial charge is 0.237 e. The van der Waals surface area contributed by atoms with Crippen LogP contribution in [0, 0.1) is 6.92 Å². The highest BCUT2D eigenvalue weighted by Gasteiger charge is 2.27. The Morgan fingerprint density at radius 2 is 2.00 bits per heavy atom. The molecule has 4 rings (SSSR count). The molecule has 2 aromatic heterocycles. The molecule has 7 heteroatoms. The number of pyridine rings is 1. The van der Waals surface area contributed by atoms with Gasteiger partial charge in [0.05, 0.1) is 25.0 Å². The number of rotatable bonds is 7. The molecule has 0 aliphatic carbocycles. The zero-order valence-corrected chi connectivity index (χ0v) is 19.9. The second-order valence-corrected chi connectivity index (χ2v) is 9.02. The molecule has 33 heavy (non-hydrogen) atoms. The summed E-state index contributed by atoms with van der Waals surface area (Å²) in [5.41, 5.74) is 5.12. The van der Waals surface area contributed by atoms with Crippen LogP contribution in [0.3, 0.4) is 0 Å². The second kappa shape index (κ2) is 10.3. The van der Waals surface area contributed by atoms with Crippen LogP contribution in [0.25, 0.3) is 11.1 Å². The molecule has 0 spiro atoms. The maximum atomic E-state index is 13.2. The fourth-order valence-electron chi connectivity index (χ4n) is 4.24. The van der Waals surface area contributed by atoms with Gasteiger partial charge in [0.15, 0.2) is 0 Å². The molecule has 1 aliphatic rings. The van der Waals surface area contributed by atoms with Gasteiger partial charge in [0.2, 0.25) is 5.91 Å². The van der Waals surface area contributed by atoms with Crippen molar-refractivity contribution in [2.75, 3.05) is 26.2 Å². The van der Waals surface area contributed by atoms with Gasteiger partial charge in [-0.05, 0) is 44.0 Å². The molecule has 1 atom stereocenters. The molecule has 0 N–H and O–H groups in total.